The molecule has 0 aliphatic rings. The first-order valence-electron chi connectivity index (χ1n) is 6.61. The molecule has 0 radical (unpaired) electrons. The maximum absolute atomic E-state index is 4.13. The van der Waals surface area contributed by atoms with E-state index in [0.29, 0.717) is 0 Å². The van der Waals surface area contributed by atoms with Crippen LogP contribution in [0, 0.1) is 0 Å². The molecule has 0 fully saturated rings. The average Bonchev–Trinajstić information content (AvgIpc) is 2.46. The van der Waals surface area contributed by atoms with Crippen LogP contribution < -0.4 is 5.32 Å². The Morgan fingerprint density at radius 1 is 0.900 bits per heavy atom. The Morgan fingerprint density at radius 2 is 1.45 bits per heavy atom. The summed E-state index contributed by atoms with van der Waals surface area (Å²) in [5.74, 6) is 0. The number of allylic oxidation sites excluding steroid dienone is 2. The zero-order valence-corrected chi connectivity index (χ0v) is 11.8. The standard InChI is InChI=1S/C19H19N/c1-15(2)20-16(3)19(18-12-8-5-9-13-18)14-17-10-6-4-7-11-17/h4-14,20H,1,3H2,2H3/b19-14+. The van der Waals surface area contributed by atoms with E-state index in [9.17, 15) is 0 Å². The van der Waals surface area contributed by atoms with Gasteiger partial charge in [0.25, 0.3) is 0 Å². The second kappa shape index (κ2) is 6.58. The predicted molar refractivity (Wildman–Crippen MR) is 87.8 cm³/mol. The quantitative estimate of drug-likeness (QED) is 0.598. The van der Waals surface area contributed by atoms with Crippen LogP contribution in [-0.2, 0) is 0 Å². The molecule has 0 aliphatic heterocycles. The number of nitrogens with one attached hydrogen (secondary N) is 1. The van der Waals surface area contributed by atoms with E-state index in [2.05, 4.69) is 48.8 Å². The van der Waals surface area contributed by atoms with Gasteiger partial charge in [0.1, 0.15) is 0 Å². The van der Waals surface area contributed by atoms with Crippen molar-refractivity contribution in [3.63, 3.8) is 0 Å². The number of benzene rings is 2. The van der Waals surface area contributed by atoms with E-state index in [0.717, 1.165) is 28.1 Å². The van der Waals surface area contributed by atoms with Gasteiger partial charge in [-0.15, -0.1) is 0 Å². The fourth-order valence-corrected chi connectivity index (χ4v) is 2.00. The Kier molecular flexibility index (Phi) is 4.56. The highest BCUT2D eigenvalue weighted by molar-refractivity contribution is 5.90. The number of rotatable bonds is 5. The molecule has 0 bridgehead atoms. The van der Waals surface area contributed by atoms with Gasteiger partial charge in [0, 0.05) is 17.0 Å². The minimum Gasteiger partial charge on any atom is -0.360 e. The second-order valence-electron chi connectivity index (χ2n) is 4.72. The lowest BCUT2D eigenvalue weighted by Gasteiger charge is -2.14. The summed E-state index contributed by atoms with van der Waals surface area (Å²) in [6.07, 6.45) is 2.13. The lowest BCUT2D eigenvalue weighted by atomic mass is 10.0. The van der Waals surface area contributed by atoms with Crippen molar-refractivity contribution in [2.24, 2.45) is 0 Å². The van der Waals surface area contributed by atoms with E-state index in [4.69, 9.17) is 0 Å². The SMILES string of the molecule is C=C(C)NC(=C)/C(=C\c1ccccc1)c1ccccc1. The molecular weight excluding hydrogens is 242 g/mol. The lowest BCUT2D eigenvalue weighted by molar-refractivity contribution is 1.03. The predicted octanol–water partition coefficient (Wildman–Crippen LogP) is 4.86. The Labute approximate surface area is 121 Å². The van der Waals surface area contributed by atoms with Crippen molar-refractivity contribution in [1.82, 2.24) is 5.32 Å². The topological polar surface area (TPSA) is 12.0 Å². The Bertz CT molecular complexity index is 621. The van der Waals surface area contributed by atoms with Crippen LogP contribution in [0.25, 0.3) is 11.6 Å². The molecule has 0 heterocycles. The second-order valence-corrected chi connectivity index (χ2v) is 4.72. The average molecular weight is 261 g/mol. The minimum atomic E-state index is 0.854. The lowest BCUT2D eigenvalue weighted by Crippen LogP contribution is -2.10. The van der Waals surface area contributed by atoms with Crippen LogP contribution in [0.1, 0.15) is 18.1 Å². The summed E-state index contributed by atoms with van der Waals surface area (Å²) < 4.78 is 0. The van der Waals surface area contributed by atoms with Crippen molar-refractivity contribution in [2.45, 2.75) is 6.92 Å². The number of hydrogen-bond acceptors (Lipinski definition) is 1. The van der Waals surface area contributed by atoms with Crippen LogP contribution in [0.15, 0.2) is 85.2 Å². The molecule has 0 saturated carbocycles. The van der Waals surface area contributed by atoms with Crippen molar-refractivity contribution in [1.29, 1.82) is 0 Å². The van der Waals surface area contributed by atoms with E-state index in [1.165, 1.54) is 0 Å². The summed E-state index contributed by atoms with van der Waals surface area (Å²) in [6, 6.07) is 20.5. The van der Waals surface area contributed by atoms with Gasteiger partial charge >= 0.3 is 0 Å². The highest BCUT2D eigenvalue weighted by atomic mass is 14.9. The molecule has 1 N–H and O–H groups in total. The highest BCUT2D eigenvalue weighted by Gasteiger charge is 2.06. The molecule has 0 aromatic heterocycles. The van der Waals surface area contributed by atoms with Gasteiger partial charge in [-0.1, -0.05) is 73.8 Å². The van der Waals surface area contributed by atoms with Gasteiger partial charge in [-0.2, -0.15) is 0 Å². The van der Waals surface area contributed by atoms with Gasteiger partial charge in [0.05, 0.1) is 0 Å². The van der Waals surface area contributed by atoms with E-state index >= 15 is 0 Å². The molecule has 0 spiro atoms. The molecule has 1 nitrogen and oxygen atoms in total. The number of hydrogen-bond donors (Lipinski definition) is 1. The van der Waals surface area contributed by atoms with Gasteiger partial charge in [-0.05, 0) is 24.1 Å². The van der Waals surface area contributed by atoms with Crippen LogP contribution in [0.2, 0.25) is 0 Å². The Hall–Kier alpha value is -2.54. The van der Waals surface area contributed by atoms with E-state index in [-0.39, 0.29) is 0 Å². The fourth-order valence-electron chi connectivity index (χ4n) is 2.00. The molecule has 0 atom stereocenters. The third kappa shape index (κ3) is 3.72. The zero-order valence-electron chi connectivity index (χ0n) is 11.8. The minimum absolute atomic E-state index is 0.854. The van der Waals surface area contributed by atoms with Crippen LogP contribution in [0.5, 0.6) is 0 Å². The van der Waals surface area contributed by atoms with E-state index in [1.54, 1.807) is 0 Å². The molecular formula is C19H19N. The highest BCUT2D eigenvalue weighted by Crippen LogP contribution is 2.23. The summed E-state index contributed by atoms with van der Waals surface area (Å²) in [5.41, 5.74) is 5.09. The van der Waals surface area contributed by atoms with Crippen molar-refractivity contribution >= 4 is 11.6 Å². The van der Waals surface area contributed by atoms with Gasteiger partial charge < -0.3 is 5.32 Å². The summed E-state index contributed by atoms with van der Waals surface area (Å²) in [5, 5.41) is 3.20. The van der Waals surface area contributed by atoms with Crippen LogP contribution in [0.4, 0.5) is 0 Å². The summed E-state index contributed by atoms with van der Waals surface area (Å²) in [6.45, 7) is 9.93. The molecule has 2 aromatic rings. The molecule has 0 amide bonds. The largest absolute Gasteiger partial charge is 0.360 e. The Balaban J connectivity index is 2.42. The first-order valence-corrected chi connectivity index (χ1v) is 6.61. The third-order valence-electron chi connectivity index (χ3n) is 2.88. The molecule has 0 aliphatic carbocycles. The maximum Gasteiger partial charge on any atom is 0.0388 e. The van der Waals surface area contributed by atoms with Crippen LogP contribution in [0.3, 0.4) is 0 Å². The maximum atomic E-state index is 4.13. The van der Waals surface area contributed by atoms with Crippen LogP contribution in [-0.4, -0.2) is 0 Å². The van der Waals surface area contributed by atoms with Crippen molar-refractivity contribution in [2.75, 3.05) is 0 Å². The summed E-state index contributed by atoms with van der Waals surface area (Å²) in [4.78, 5) is 0. The molecule has 100 valence electrons. The van der Waals surface area contributed by atoms with Gasteiger partial charge in [0.2, 0.25) is 0 Å². The van der Waals surface area contributed by atoms with Crippen molar-refractivity contribution < 1.29 is 0 Å². The van der Waals surface area contributed by atoms with Gasteiger partial charge in [0.15, 0.2) is 0 Å². The third-order valence-corrected chi connectivity index (χ3v) is 2.88. The molecule has 0 unspecified atom stereocenters. The molecule has 0 saturated heterocycles. The summed E-state index contributed by atoms with van der Waals surface area (Å²) in [7, 11) is 0. The monoisotopic (exact) mass is 261 g/mol. The van der Waals surface area contributed by atoms with E-state index < -0.39 is 0 Å². The van der Waals surface area contributed by atoms with E-state index in [1.807, 2.05) is 43.3 Å². The van der Waals surface area contributed by atoms with Gasteiger partial charge in [-0.25, -0.2) is 0 Å². The Morgan fingerprint density at radius 3 is 2.00 bits per heavy atom. The first-order chi connectivity index (χ1) is 9.66. The molecule has 2 aromatic carbocycles. The van der Waals surface area contributed by atoms with Crippen molar-refractivity contribution in [3.8, 4) is 0 Å². The van der Waals surface area contributed by atoms with Crippen LogP contribution >= 0.6 is 0 Å². The van der Waals surface area contributed by atoms with Gasteiger partial charge in [-0.3, -0.25) is 0 Å². The van der Waals surface area contributed by atoms with Crippen molar-refractivity contribution in [3.05, 3.63) is 96.3 Å². The zero-order chi connectivity index (χ0) is 14.4. The smallest absolute Gasteiger partial charge is 0.0388 e. The molecule has 2 rings (SSSR count). The first kappa shape index (κ1) is 13.9. The molecule has 1 heteroatoms. The molecule has 20 heavy (non-hydrogen) atoms. The fraction of sp³-hybridized carbons (Fsp3) is 0.0526. The normalized spacial score (nSPS) is 10.9. The summed E-state index contributed by atoms with van der Waals surface area (Å²) >= 11 is 0.